The number of rotatable bonds is 3. The summed E-state index contributed by atoms with van der Waals surface area (Å²) >= 11 is 0. The van der Waals surface area contributed by atoms with Gasteiger partial charge in [0.05, 0.1) is 0 Å². The van der Waals surface area contributed by atoms with Gasteiger partial charge in [-0.3, -0.25) is 0 Å². The fraction of sp³-hybridized carbons (Fsp3) is 0.100. The fourth-order valence-electron chi connectivity index (χ4n) is 2.50. The van der Waals surface area contributed by atoms with Crippen LogP contribution in [0.3, 0.4) is 0 Å². The lowest BCUT2D eigenvalue weighted by atomic mass is 9.94. The molecule has 0 aromatic heterocycles. The van der Waals surface area contributed by atoms with Crippen LogP contribution in [0.2, 0.25) is 0 Å². The van der Waals surface area contributed by atoms with Gasteiger partial charge in [0, 0.05) is 0 Å². The third kappa shape index (κ3) is 2.80. The van der Waals surface area contributed by atoms with E-state index in [-0.39, 0.29) is 0 Å². The van der Waals surface area contributed by atoms with Crippen LogP contribution in [0.25, 0.3) is 11.1 Å². The topological polar surface area (TPSA) is 0 Å². The number of benzene rings is 3. The van der Waals surface area contributed by atoms with Crippen LogP contribution in [-0.4, -0.2) is 0 Å². The van der Waals surface area contributed by atoms with Crippen LogP contribution in [0, 0.1) is 6.92 Å². The molecule has 0 aliphatic carbocycles. The standard InChI is InChI=1S/C20H18/c1-16-11-13-18(14-12-16)20-10-6-5-9-19(20)15-17-7-3-2-4-8-17/h2-14H,15H2,1H3. The summed E-state index contributed by atoms with van der Waals surface area (Å²) in [4.78, 5) is 0. The van der Waals surface area contributed by atoms with Crippen LogP contribution >= 0.6 is 0 Å². The first-order valence-electron chi connectivity index (χ1n) is 7.02. The van der Waals surface area contributed by atoms with Crippen molar-refractivity contribution in [1.82, 2.24) is 0 Å². The first-order chi connectivity index (χ1) is 9.83. The molecule has 0 amide bonds. The summed E-state index contributed by atoms with van der Waals surface area (Å²) in [5.74, 6) is 0. The van der Waals surface area contributed by atoms with Crippen LogP contribution in [0.15, 0.2) is 78.9 Å². The molecule has 98 valence electrons. The highest BCUT2D eigenvalue weighted by Gasteiger charge is 2.05. The largest absolute Gasteiger partial charge is 0.0622 e. The normalized spacial score (nSPS) is 10.4. The minimum Gasteiger partial charge on any atom is -0.0622 e. The molecule has 0 N–H and O–H groups in total. The molecule has 0 nitrogen and oxygen atoms in total. The summed E-state index contributed by atoms with van der Waals surface area (Å²) < 4.78 is 0. The van der Waals surface area contributed by atoms with Crippen LogP contribution in [0.4, 0.5) is 0 Å². The second kappa shape index (κ2) is 5.75. The lowest BCUT2D eigenvalue weighted by molar-refractivity contribution is 1.19. The molecule has 0 saturated carbocycles. The molecular weight excluding hydrogens is 240 g/mol. The van der Waals surface area contributed by atoms with Gasteiger partial charge in [-0.05, 0) is 35.6 Å². The van der Waals surface area contributed by atoms with Crippen molar-refractivity contribution >= 4 is 0 Å². The Kier molecular flexibility index (Phi) is 3.64. The van der Waals surface area contributed by atoms with Gasteiger partial charge >= 0.3 is 0 Å². The third-order valence-corrected chi connectivity index (χ3v) is 3.62. The van der Waals surface area contributed by atoms with E-state index in [0.29, 0.717) is 0 Å². The Balaban J connectivity index is 1.98. The van der Waals surface area contributed by atoms with Gasteiger partial charge in [0.25, 0.3) is 0 Å². The molecule has 0 aliphatic heterocycles. The van der Waals surface area contributed by atoms with Crippen molar-refractivity contribution in [1.29, 1.82) is 0 Å². The van der Waals surface area contributed by atoms with E-state index >= 15 is 0 Å². The SMILES string of the molecule is Cc1ccc(-c2ccccc2Cc2ccccc2)cc1. The molecule has 0 bridgehead atoms. The highest BCUT2D eigenvalue weighted by Crippen LogP contribution is 2.25. The number of aryl methyl sites for hydroxylation is 1. The van der Waals surface area contributed by atoms with Crippen molar-refractivity contribution in [2.45, 2.75) is 13.3 Å². The second-order valence-electron chi connectivity index (χ2n) is 5.19. The maximum Gasteiger partial charge on any atom is -0.00196 e. The summed E-state index contributed by atoms with van der Waals surface area (Å²) in [5.41, 5.74) is 6.65. The Morgan fingerprint density at radius 3 is 2.05 bits per heavy atom. The zero-order valence-electron chi connectivity index (χ0n) is 11.7. The van der Waals surface area contributed by atoms with Gasteiger partial charge in [0.1, 0.15) is 0 Å². The molecule has 0 saturated heterocycles. The quantitative estimate of drug-likeness (QED) is 0.601. The van der Waals surface area contributed by atoms with Gasteiger partial charge in [-0.15, -0.1) is 0 Å². The van der Waals surface area contributed by atoms with E-state index in [1.54, 1.807) is 0 Å². The summed E-state index contributed by atoms with van der Waals surface area (Å²) in [6.45, 7) is 2.12. The zero-order valence-corrected chi connectivity index (χ0v) is 11.7. The maximum absolute atomic E-state index is 2.22. The fourth-order valence-corrected chi connectivity index (χ4v) is 2.50. The van der Waals surface area contributed by atoms with Crippen LogP contribution in [0.5, 0.6) is 0 Å². The second-order valence-corrected chi connectivity index (χ2v) is 5.19. The lowest BCUT2D eigenvalue weighted by Gasteiger charge is -2.10. The van der Waals surface area contributed by atoms with Gasteiger partial charge < -0.3 is 0 Å². The summed E-state index contributed by atoms with van der Waals surface area (Å²) in [5, 5.41) is 0. The van der Waals surface area contributed by atoms with Crippen LogP contribution in [-0.2, 0) is 6.42 Å². The van der Waals surface area contributed by atoms with E-state index in [0.717, 1.165) is 6.42 Å². The van der Waals surface area contributed by atoms with Crippen molar-refractivity contribution in [3.05, 3.63) is 95.6 Å². The van der Waals surface area contributed by atoms with E-state index in [9.17, 15) is 0 Å². The molecule has 0 heterocycles. The molecule has 20 heavy (non-hydrogen) atoms. The first kappa shape index (κ1) is 12.7. The predicted octanol–water partition coefficient (Wildman–Crippen LogP) is 5.25. The van der Waals surface area contributed by atoms with Crippen LogP contribution < -0.4 is 0 Å². The lowest BCUT2D eigenvalue weighted by Crippen LogP contribution is -1.92. The van der Waals surface area contributed by atoms with Crippen molar-refractivity contribution in [3.63, 3.8) is 0 Å². The van der Waals surface area contributed by atoms with E-state index in [1.165, 1.54) is 27.8 Å². The molecule has 3 aromatic carbocycles. The molecular formula is C20H18. The van der Waals surface area contributed by atoms with Crippen molar-refractivity contribution < 1.29 is 0 Å². The Morgan fingerprint density at radius 1 is 0.650 bits per heavy atom. The zero-order chi connectivity index (χ0) is 13.8. The molecule has 0 spiro atoms. The summed E-state index contributed by atoms with van der Waals surface area (Å²) in [7, 11) is 0. The first-order valence-corrected chi connectivity index (χ1v) is 7.02. The van der Waals surface area contributed by atoms with E-state index in [4.69, 9.17) is 0 Å². The molecule has 0 radical (unpaired) electrons. The van der Waals surface area contributed by atoms with E-state index < -0.39 is 0 Å². The molecule has 0 aliphatic rings. The minimum atomic E-state index is 0.977. The summed E-state index contributed by atoms with van der Waals surface area (Å²) in [6, 6.07) is 28.1. The predicted molar refractivity (Wildman–Crippen MR) is 85.9 cm³/mol. The summed E-state index contributed by atoms with van der Waals surface area (Å²) in [6.07, 6.45) is 0.977. The van der Waals surface area contributed by atoms with Crippen molar-refractivity contribution in [2.24, 2.45) is 0 Å². The number of hydrogen-bond donors (Lipinski definition) is 0. The van der Waals surface area contributed by atoms with E-state index in [1.807, 2.05) is 0 Å². The van der Waals surface area contributed by atoms with Gasteiger partial charge in [-0.25, -0.2) is 0 Å². The maximum atomic E-state index is 2.22. The Morgan fingerprint density at radius 2 is 1.30 bits per heavy atom. The number of hydrogen-bond acceptors (Lipinski definition) is 0. The highest BCUT2D eigenvalue weighted by atomic mass is 14.1. The van der Waals surface area contributed by atoms with E-state index in [2.05, 4.69) is 85.8 Å². The van der Waals surface area contributed by atoms with Gasteiger partial charge in [-0.1, -0.05) is 84.4 Å². The molecule has 0 unspecified atom stereocenters. The monoisotopic (exact) mass is 258 g/mol. The molecule has 3 aromatic rings. The smallest absolute Gasteiger partial charge is 0.00196 e. The Bertz CT molecular complexity index is 679. The minimum absolute atomic E-state index is 0.977. The van der Waals surface area contributed by atoms with Gasteiger partial charge in [0.15, 0.2) is 0 Å². The molecule has 3 rings (SSSR count). The Labute approximate surface area is 120 Å². The highest BCUT2D eigenvalue weighted by molar-refractivity contribution is 5.68. The molecule has 0 atom stereocenters. The van der Waals surface area contributed by atoms with Gasteiger partial charge in [-0.2, -0.15) is 0 Å². The van der Waals surface area contributed by atoms with Crippen LogP contribution in [0.1, 0.15) is 16.7 Å². The van der Waals surface area contributed by atoms with Gasteiger partial charge in [0.2, 0.25) is 0 Å². The average Bonchev–Trinajstić information content (AvgIpc) is 2.50. The van der Waals surface area contributed by atoms with Crippen molar-refractivity contribution in [2.75, 3.05) is 0 Å². The third-order valence-electron chi connectivity index (χ3n) is 3.62. The molecule has 0 fully saturated rings. The molecule has 0 heteroatoms. The Hall–Kier alpha value is -2.34. The van der Waals surface area contributed by atoms with Crippen molar-refractivity contribution in [3.8, 4) is 11.1 Å². The average molecular weight is 258 g/mol.